The zero-order valence-corrected chi connectivity index (χ0v) is 16.2. The first kappa shape index (κ1) is 17.0. The Bertz CT molecular complexity index is 1000. The molecule has 2 N–H and O–H groups in total. The first-order valence-electron chi connectivity index (χ1n) is 8.35. The monoisotopic (exact) mass is 381 g/mol. The number of thiazole rings is 1. The van der Waals surface area contributed by atoms with Crippen LogP contribution in [-0.4, -0.2) is 27.4 Å². The van der Waals surface area contributed by atoms with Gasteiger partial charge in [0, 0.05) is 15.8 Å². The number of aromatic nitrogens is 1. The molecule has 4 nitrogen and oxygen atoms in total. The van der Waals surface area contributed by atoms with Gasteiger partial charge in [-0.3, -0.25) is 5.41 Å². The predicted octanol–water partition coefficient (Wildman–Crippen LogP) is 5.25. The Balaban J connectivity index is 1.59. The number of amidine groups is 1. The Hall–Kier alpha value is -2.44. The zero-order chi connectivity index (χ0) is 18.3. The number of rotatable bonds is 4. The van der Waals surface area contributed by atoms with Crippen LogP contribution in [0.2, 0.25) is 0 Å². The lowest BCUT2D eigenvalue weighted by molar-refractivity contribution is 0.348. The summed E-state index contributed by atoms with van der Waals surface area (Å²) in [6, 6.07) is 10.4. The minimum atomic E-state index is 0.229. The Kier molecular flexibility index (Phi) is 4.38. The molecule has 4 rings (SSSR count). The smallest absolute Gasteiger partial charge is 0.135 e. The van der Waals surface area contributed by atoms with Gasteiger partial charge in [-0.25, -0.2) is 4.98 Å². The van der Waals surface area contributed by atoms with Gasteiger partial charge in [0.2, 0.25) is 0 Å². The highest BCUT2D eigenvalue weighted by molar-refractivity contribution is 7.11. The number of thiophene rings is 1. The Morgan fingerprint density at radius 1 is 1.19 bits per heavy atom. The summed E-state index contributed by atoms with van der Waals surface area (Å²) in [4.78, 5) is 7.76. The molecule has 0 unspecified atom stereocenters. The lowest BCUT2D eigenvalue weighted by Gasteiger charge is -2.17. The van der Waals surface area contributed by atoms with Crippen LogP contribution in [0, 0.1) is 19.3 Å². The number of hydrogen-bond donors (Lipinski definition) is 2. The van der Waals surface area contributed by atoms with Crippen molar-refractivity contribution >= 4 is 34.1 Å². The fraction of sp³-hybridized carbons (Fsp3) is 0.200. The van der Waals surface area contributed by atoms with Gasteiger partial charge in [-0.2, -0.15) is 0 Å². The second-order valence-corrected chi connectivity index (χ2v) is 8.33. The number of benzene rings is 1. The van der Waals surface area contributed by atoms with Crippen LogP contribution in [-0.2, 0) is 6.54 Å². The van der Waals surface area contributed by atoms with Gasteiger partial charge >= 0.3 is 0 Å². The number of nitrogens with zero attached hydrogens (tertiary/aromatic N) is 2. The Morgan fingerprint density at radius 2 is 2.04 bits per heavy atom. The summed E-state index contributed by atoms with van der Waals surface area (Å²) < 4.78 is 0. The van der Waals surface area contributed by atoms with E-state index in [-0.39, 0.29) is 5.76 Å². The van der Waals surface area contributed by atoms with Gasteiger partial charge in [-0.1, -0.05) is 18.2 Å². The second kappa shape index (κ2) is 6.70. The van der Waals surface area contributed by atoms with Crippen molar-refractivity contribution in [1.82, 2.24) is 9.88 Å². The van der Waals surface area contributed by atoms with E-state index < -0.39 is 0 Å². The standard InChI is InChI=1S/C20H19N3OS2/c1-12-5-6-14(8-13(12)2)16-11-26-20(22-16)18-17(24)10-23(19(18)21)9-15-4-3-7-25-15/h3-8,11,21,24H,9-10H2,1-2H3. The van der Waals surface area contributed by atoms with Gasteiger partial charge in [0.25, 0.3) is 0 Å². The van der Waals surface area contributed by atoms with Crippen LogP contribution in [0.1, 0.15) is 21.0 Å². The number of nitrogens with one attached hydrogen (secondary N) is 1. The SMILES string of the molecule is Cc1ccc(-c2csc(C3=C(O)CN(Cc4cccs4)C3=N)n2)cc1C. The van der Waals surface area contributed by atoms with E-state index in [0.29, 0.717) is 29.5 Å². The molecule has 2 aromatic heterocycles. The molecule has 0 radical (unpaired) electrons. The Morgan fingerprint density at radius 3 is 2.77 bits per heavy atom. The van der Waals surface area contributed by atoms with E-state index in [2.05, 4.69) is 32.0 Å². The van der Waals surface area contributed by atoms with Gasteiger partial charge in [0.15, 0.2) is 0 Å². The van der Waals surface area contributed by atoms with Gasteiger partial charge in [-0.15, -0.1) is 22.7 Å². The maximum absolute atomic E-state index is 10.4. The van der Waals surface area contributed by atoms with Crippen molar-refractivity contribution in [1.29, 1.82) is 5.41 Å². The number of aliphatic hydroxyl groups is 1. The molecule has 6 heteroatoms. The maximum atomic E-state index is 10.4. The second-order valence-electron chi connectivity index (χ2n) is 6.44. The largest absolute Gasteiger partial charge is 0.510 e. The van der Waals surface area contributed by atoms with Crippen molar-refractivity contribution in [2.75, 3.05) is 6.54 Å². The van der Waals surface area contributed by atoms with E-state index in [1.807, 2.05) is 27.8 Å². The molecule has 0 bridgehead atoms. The summed E-state index contributed by atoms with van der Waals surface area (Å²) in [6.07, 6.45) is 0. The topological polar surface area (TPSA) is 60.2 Å². The van der Waals surface area contributed by atoms with Gasteiger partial charge in [0.1, 0.15) is 16.6 Å². The summed E-state index contributed by atoms with van der Waals surface area (Å²) in [5.74, 6) is 0.574. The summed E-state index contributed by atoms with van der Waals surface area (Å²) in [7, 11) is 0. The van der Waals surface area contributed by atoms with Gasteiger partial charge < -0.3 is 10.0 Å². The minimum absolute atomic E-state index is 0.229. The molecule has 1 aliphatic heterocycles. The molecule has 132 valence electrons. The zero-order valence-electron chi connectivity index (χ0n) is 14.6. The van der Waals surface area contributed by atoms with E-state index in [9.17, 15) is 5.11 Å². The van der Waals surface area contributed by atoms with E-state index in [4.69, 9.17) is 10.4 Å². The fourth-order valence-electron chi connectivity index (χ4n) is 3.01. The van der Waals surface area contributed by atoms with Crippen LogP contribution in [0.25, 0.3) is 16.8 Å². The number of aryl methyl sites for hydroxylation is 2. The summed E-state index contributed by atoms with van der Waals surface area (Å²) in [5, 5.41) is 23.7. The Labute approximate surface area is 160 Å². The van der Waals surface area contributed by atoms with Crippen molar-refractivity contribution < 1.29 is 5.11 Å². The van der Waals surface area contributed by atoms with Gasteiger partial charge in [0.05, 0.1) is 24.4 Å². The molecule has 0 amide bonds. The predicted molar refractivity (Wildman–Crippen MR) is 109 cm³/mol. The quantitative estimate of drug-likeness (QED) is 0.649. The van der Waals surface area contributed by atoms with Crippen LogP contribution in [0.5, 0.6) is 0 Å². The highest BCUT2D eigenvalue weighted by Gasteiger charge is 2.30. The van der Waals surface area contributed by atoms with E-state index in [0.717, 1.165) is 11.3 Å². The van der Waals surface area contributed by atoms with Crippen molar-refractivity contribution in [3.63, 3.8) is 0 Å². The summed E-state index contributed by atoms with van der Waals surface area (Å²) in [5.41, 5.74) is 5.00. The number of hydrogen-bond acceptors (Lipinski definition) is 5. The highest BCUT2D eigenvalue weighted by Crippen LogP contribution is 2.33. The minimum Gasteiger partial charge on any atom is -0.510 e. The normalized spacial score (nSPS) is 14.5. The van der Waals surface area contributed by atoms with Crippen LogP contribution in [0.3, 0.4) is 0 Å². The van der Waals surface area contributed by atoms with Gasteiger partial charge in [-0.05, 0) is 42.5 Å². The van der Waals surface area contributed by atoms with Crippen molar-refractivity contribution in [2.45, 2.75) is 20.4 Å². The summed E-state index contributed by atoms with van der Waals surface area (Å²) in [6.45, 7) is 5.19. The molecule has 0 atom stereocenters. The number of aliphatic hydroxyl groups excluding tert-OH is 1. The van der Waals surface area contributed by atoms with Crippen LogP contribution in [0.4, 0.5) is 0 Å². The third-order valence-corrected chi connectivity index (χ3v) is 6.35. The van der Waals surface area contributed by atoms with Crippen molar-refractivity contribution in [2.24, 2.45) is 0 Å². The molecule has 0 saturated heterocycles. The first-order valence-corrected chi connectivity index (χ1v) is 10.1. The molecule has 1 aromatic carbocycles. The van der Waals surface area contributed by atoms with Crippen LogP contribution >= 0.6 is 22.7 Å². The lowest BCUT2D eigenvalue weighted by Crippen LogP contribution is -2.25. The molecule has 0 spiro atoms. The molecule has 26 heavy (non-hydrogen) atoms. The first-order chi connectivity index (χ1) is 12.5. The van der Waals surface area contributed by atoms with Crippen molar-refractivity contribution in [3.05, 3.63) is 67.9 Å². The third kappa shape index (κ3) is 3.06. The molecule has 0 aliphatic carbocycles. The molecular weight excluding hydrogens is 362 g/mol. The molecule has 0 saturated carbocycles. The summed E-state index contributed by atoms with van der Waals surface area (Å²) >= 11 is 3.14. The van der Waals surface area contributed by atoms with Crippen molar-refractivity contribution in [3.8, 4) is 11.3 Å². The van der Waals surface area contributed by atoms with E-state index in [1.54, 1.807) is 11.3 Å². The maximum Gasteiger partial charge on any atom is 0.135 e. The average Bonchev–Trinajstić information content (AvgIpc) is 3.33. The van der Waals surface area contributed by atoms with E-state index in [1.165, 1.54) is 27.3 Å². The molecule has 3 aromatic rings. The van der Waals surface area contributed by atoms with Crippen LogP contribution in [0.15, 0.2) is 46.9 Å². The third-order valence-electron chi connectivity index (χ3n) is 4.63. The molecule has 3 heterocycles. The molecule has 1 aliphatic rings. The molecular formula is C20H19N3OS2. The lowest BCUT2D eigenvalue weighted by atomic mass is 10.1. The molecule has 0 fully saturated rings. The average molecular weight is 382 g/mol. The van der Waals surface area contributed by atoms with Crippen LogP contribution < -0.4 is 0 Å². The fourth-order valence-corrected chi connectivity index (χ4v) is 4.62. The van der Waals surface area contributed by atoms with E-state index >= 15 is 0 Å². The highest BCUT2D eigenvalue weighted by atomic mass is 32.1.